The lowest BCUT2D eigenvalue weighted by atomic mass is 9.93. The molecule has 2 aliphatic rings. The molecule has 1 atom stereocenters. The van der Waals surface area contributed by atoms with Gasteiger partial charge in [-0.3, -0.25) is 24.7 Å². The van der Waals surface area contributed by atoms with E-state index in [9.17, 15) is 19.2 Å². The van der Waals surface area contributed by atoms with Crippen molar-refractivity contribution in [2.75, 3.05) is 32.7 Å². The van der Waals surface area contributed by atoms with E-state index in [-0.39, 0.29) is 12.5 Å². The molecule has 2 heterocycles. The minimum atomic E-state index is -1.08. The van der Waals surface area contributed by atoms with E-state index in [4.69, 9.17) is 0 Å². The molecule has 2 aromatic carbocycles. The fourth-order valence-corrected chi connectivity index (χ4v) is 4.60. The standard InChI is InChI=1S/C27H33N5O4/c1-20-8-6-7-11-22(20)18-24(34)31-16-14-30(15-17-31)19-23(33)29-32-25(35)27(2,28-26(32)36)13-12-21-9-4-3-5-10-21/h3-11H,12-19H2,1-2H3,(H,28,36)(H,29,33). The van der Waals surface area contributed by atoms with Crippen LogP contribution in [-0.2, 0) is 27.2 Å². The lowest BCUT2D eigenvalue weighted by Crippen LogP contribution is -2.54. The molecule has 2 saturated heterocycles. The topological polar surface area (TPSA) is 102 Å². The summed E-state index contributed by atoms with van der Waals surface area (Å²) in [6.45, 7) is 5.85. The molecule has 0 aliphatic carbocycles. The number of carbonyl (C=O) groups is 4. The number of benzene rings is 2. The summed E-state index contributed by atoms with van der Waals surface area (Å²) in [5, 5.41) is 3.50. The summed E-state index contributed by atoms with van der Waals surface area (Å²) in [5.41, 5.74) is 4.57. The van der Waals surface area contributed by atoms with Crippen LogP contribution in [0.1, 0.15) is 30.0 Å². The maximum Gasteiger partial charge on any atom is 0.344 e. The first-order chi connectivity index (χ1) is 17.2. The number of amides is 5. The molecular weight excluding hydrogens is 458 g/mol. The monoisotopic (exact) mass is 491 g/mol. The molecule has 2 aromatic rings. The number of aryl methyl sites for hydroxylation is 2. The molecule has 2 fully saturated rings. The number of carbonyl (C=O) groups excluding carboxylic acids is 4. The third kappa shape index (κ3) is 5.91. The van der Waals surface area contributed by atoms with Gasteiger partial charge in [-0.1, -0.05) is 54.6 Å². The Hall–Kier alpha value is -3.72. The number of hydrazine groups is 1. The number of nitrogens with zero attached hydrogens (tertiary/aromatic N) is 3. The molecule has 2 aliphatic heterocycles. The van der Waals surface area contributed by atoms with Gasteiger partial charge >= 0.3 is 6.03 Å². The van der Waals surface area contributed by atoms with Crippen molar-refractivity contribution in [3.05, 3.63) is 71.3 Å². The van der Waals surface area contributed by atoms with E-state index >= 15 is 0 Å². The second-order valence-electron chi connectivity index (χ2n) is 9.68. The van der Waals surface area contributed by atoms with Crippen LogP contribution in [0.4, 0.5) is 4.79 Å². The van der Waals surface area contributed by atoms with Crippen molar-refractivity contribution < 1.29 is 19.2 Å². The number of nitrogens with one attached hydrogen (secondary N) is 2. The van der Waals surface area contributed by atoms with Crippen LogP contribution in [0.25, 0.3) is 0 Å². The Bertz CT molecular complexity index is 1130. The van der Waals surface area contributed by atoms with E-state index in [0.29, 0.717) is 45.4 Å². The van der Waals surface area contributed by atoms with Gasteiger partial charge in [-0.25, -0.2) is 4.79 Å². The maximum absolute atomic E-state index is 12.9. The van der Waals surface area contributed by atoms with Crippen LogP contribution in [0.2, 0.25) is 0 Å². The van der Waals surface area contributed by atoms with Crippen molar-refractivity contribution in [1.29, 1.82) is 0 Å². The van der Waals surface area contributed by atoms with Crippen molar-refractivity contribution in [2.24, 2.45) is 0 Å². The van der Waals surface area contributed by atoms with E-state index in [1.54, 1.807) is 6.92 Å². The molecule has 1 unspecified atom stereocenters. The molecular formula is C27H33N5O4. The maximum atomic E-state index is 12.9. The number of rotatable bonds is 8. The van der Waals surface area contributed by atoms with Gasteiger partial charge in [0, 0.05) is 26.2 Å². The van der Waals surface area contributed by atoms with E-state index in [1.165, 1.54) is 0 Å². The molecule has 190 valence electrons. The first kappa shape index (κ1) is 25.4. The van der Waals surface area contributed by atoms with Crippen LogP contribution in [0, 0.1) is 6.92 Å². The van der Waals surface area contributed by atoms with E-state index in [0.717, 1.165) is 21.7 Å². The molecule has 0 saturated carbocycles. The Morgan fingerprint density at radius 1 is 0.972 bits per heavy atom. The molecule has 0 aromatic heterocycles. The summed E-state index contributed by atoms with van der Waals surface area (Å²) in [6, 6.07) is 17.0. The van der Waals surface area contributed by atoms with E-state index in [2.05, 4.69) is 10.7 Å². The minimum absolute atomic E-state index is 0.0393. The van der Waals surface area contributed by atoms with Crippen molar-refractivity contribution in [3.63, 3.8) is 0 Å². The SMILES string of the molecule is Cc1ccccc1CC(=O)N1CCN(CC(=O)NN2C(=O)NC(C)(CCc3ccccc3)C2=O)CC1. The highest BCUT2D eigenvalue weighted by Gasteiger charge is 2.48. The van der Waals surface area contributed by atoms with Gasteiger partial charge in [0.25, 0.3) is 11.8 Å². The van der Waals surface area contributed by atoms with Crippen LogP contribution in [0.5, 0.6) is 0 Å². The molecule has 9 heteroatoms. The molecule has 0 radical (unpaired) electrons. The van der Waals surface area contributed by atoms with E-state index in [1.807, 2.05) is 71.3 Å². The first-order valence-corrected chi connectivity index (χ1v) is 12.3. The van der Waals surface area contributed by atoms with Crippen LogP contribution in [0.15, 0.2) is 54.6 Å². The van der Waals surface area contributed by atoms with E-state index < -0.39 is 23.4 Å². The Labute approximate surface area is 211 Å². The molecule has 0 bridgehead atoms. The van der Waals surface area contributed by atoms with Gasteiger partial charge in [-0.05, 0) is 43.4 Å². The molecule has 36 heavy (non-hydrogen) atoms. The zero-order valence-electron chi connectivity index (χ0n) is 20.8. The van der Waals surface area contributed by atoms with Crippen molar-refractivity contribution >= 4 is 23.8 Å². The number of urea groups is 1. The molecule has 4 rings (SSSR count). The van der Waals surface area contributed by atoms with Crippen LogP contribution in [0.3, 0.4) is 0 Å². The van der Waals surface area contributed by atoms with Gasteiger partial charge in [0.2, 0.25) is 5.91 Å². The van der Waals surface area contributed by atoms with Crippen molar-refractivity contribution in [1.82, 2.24) is 25.6 Å². The Kier molecular flexibility index (Phi) is 7.69. The van der Waals surface area contributed by atoms with Gasteiger partial charge in [-0.2, -0.15) is 5.01 Å². The minimum Gasteiger partial charge on any atom is -0.340 e. The van der Waals surface area contributed by atoms with Crippen LogP contribution in [-0.4, -0.2) is 76.8 Å². The summed E-state index contributed by atoms with van der Waals surface area (Å²) in [4.78, 5) is 54.5. The smallest absolute Gasteiger partial charge is 0.340 e. The molecule has 9 nitrogen and oxygen atoms in total. The van der Waals surface area contributed by atoms with Crippen molar-refractivity contribution in [2.45, 2.75) is 38.6 Å². The molecule has 5 amide bonds. The highest BCUT2D eigenvalue weighted by atomic mass is 16.2. The Balaban J connectivity index is 1.23. The van der Waals surface area contributed by atoms with Crippen LogP contribution >= 0.6 is 0 Å². The number of imide groups is 1. The second-order valence-corrected chi connectivity index (χ2v) is 9.68. The Morgan fingerprint density at radius 2 is 1.64 bits per heavy atom. The predicted molar refractivity (Wildman–Crippen MR) is 135 cm³/mol. The highest BCUT2D eigenvalue weighted by Crippen LogP contribution is 2.22. The zero-order chi connectivity index (χ0) is 25.7. The quantitative estimate of drug-likeness (QED) is 0.547. The zero-order valence-corrected chi connectivity index (χ0v) is 20.8. The van der Waals surface area contributed by atoms with Gasteiger partial charge < -0.3 is 10.2 Å². The van der Waals surface area contributed by atoms with Gasteiger partial charge in [0.15, 0.2) is 0 Å². The number of hydrogen-bond donors (Lipinski definition) is 2. The van der Waals surface area contributed by atoms with Crippen LogP contribution < -0.4 is 10.7 Å². The summed E-state index contributed by atoms with van der Waals surface area (Å²) < 4.78 is 0. The number of piperazine rings is 1. The fraction of sp³-hybridized carbons (Fsp3) is 0.407. The summed E-state index contributed by atoms with van der Waals surface area (Å²) in [6.07, 6.45) is 1.41. The average molecular weight is 492 g/mol. The second kappa shape index (κ2) is 10.9. The average Bonchev–Trinajstić information content (AvgIpc) is 3.08. The van der Waals surface area contributed by atoms with Crippen molar-refractivity contribution in [3.8, 4) is 0 Å². The lowest BCUT2D eigenvalue weighted by molar-refractivity contribution is -0.139. The molecule has 2 N–H and O–H groups in total. The third-order valence-electron chi connectivity index (χ3n) is 6.95. The first-order valence-electron chi connectivity index (χ1n) is 12.3. The summed E-state index contributed by atoms with van der Waals surface area (Å²) in [5.74, 6) is -0.837. The summed E-state index contributed by atoms with van der Waals surface area (Å²) in [7, 11) is 0. The normalized spacial score (nSPS) is 20.4. The highest BCUT2D eigenvalue weighted by molar-refractivity contribution is 6.07. The number of hydrogen-bond acceptors (Lipinski definition) is 5. The van der Waals surface area contributed by atoms with Gasteiger partial charge in [0.05, 0.1) is 13.0 Å². The van der Waals surface area contributed by atoms with Gasteiger partial charge in [-0.15, -0.1) is 0 Å². The molecule has 0 spiro atoms. The summed E-state index contributed by atoms with van der Waals surface area (Å²) >= 11 is 0. The largest absolute Gasteiger partial charge is 0.344 e. The predicted octanol–water partition coefficient (Wildman–Crippen LogP) is 1.66. The third-order valence-corrected chi connectivity index (χ3v) is 6.95. The Morgan fingerprint density at radius 3 is 2.33 bits per heavy atom. The fourth-order valence-electron chi connectivity index (χ4n) is 4.60. The lowest BCUT2D eigenvalue weighted by Gasteiger charge is -2.34. The van der Waals surface area contributed by atoms with Gasteiger partial charge in [0.1, 0.15) is 5.54 Å².